The molecule has 1 N–H and O–H groups in total. The van der Waals surface area contributed by atoms with Crippen molar-refractivity contribution in [3.05, 3.63) is 33.6 Å². The maximum Gasteiger partial charge on any atom is 0.193 e. The van der Waals surface area contributed by atoms with E-state index >= 15 is 0 Å². The van der Waals surface area contributed by atoms with Crippen LogP contribution in [0.4, 0.5) is 5.00 Å². The number of aliphatic imine (C=N–C) groups is 1. The third-order valence-electron chi connectivity index (χ3n) is 3.90. The molecule has 1 fully saturated rings. The van der Waals surface area contributed by atoms with Gasteiger partial charge in [-0.1, -0.05) is 0 Å². The van der Waals surface area contributed by atoms with Gasteiger partial charge in [-0.2, -0.15) is 0 Å². The van der Waals surface area contributed by atoms with Crippen LogP contribution in [-0.2, 0) is 6.42 Å². The van der Waals surface area contributed by atoms with Gasteiger partial charge in [0.05, 0.1) is 10.0 Å². The van der Waals surface area contributed by atoms with E-state index in [0.717, 1.165) is 45.1 Å². The molecule has 0 bridgehead atoms. The fourth-order valence-electron chi connectivity index (χ4n) is 2.72. The zero-order valence-corrected chi connectivity index (χ0v) is 15.3. The molecule has 0 aliphatic carbocycles. The van der Waals surface area contributed by atoms with Crippen LogP contribution in [0.5, 0.6) is 0 Å². The smallest absolute Gasteiger partial charge is 0.193 e. The van der Waals surface area contributed by atoms with Crippen LogP contribution in [0.15, 0.2) is 28.7 Å². The number of aromatic nitrogens is 1. The molecular formula is C16H23N5S2. The van der Waals surface area contributed by atoms with Crippen LogP contribution in [0.1, 0.15) is 9.88 Å². The van der Waals surface area contributed by atoms with Gasteiger partial charge in [-0.05, 0) is 24.4 Å². The summed E-state index contributed by atoms with van der Waals surface area (Å²) in [5, 5.41) is 8.17. The summed E-state index contributed by atoms with van der Waals surface area (Å²) in [7, 11) is 1.86. The Morgan fingerprint density at radius 3 is 2.78 bits per heavy atom. The number of hydrogen-bond donors (Lipinski definition) is 1. The van der Waals surface area contributed by atoms with Crippen molar-refractivity contribution in [1.29, 1.82) is 0 Å². The number of rotatable bonds is 4. The molecule has 124 valence electrons. The van der Waals surface area contributed by atoms with Gasteiger partial charge in [0.1, 0.15) is 0 Å². The molecule has 2 aromatic heterocycles. The summed E-state index contributed by atoms with van der Waals surface area (Å²) in [5.74, 6) is 1.00. The summed E-state index contributed by atoms with van der Waals surface area (Å²) < 4.78 is 0. The van der Waals surface area contributed by atoms with Crippen molar-refractivity contribution in [2.75, 3.05) is 44.7 Å². The first kappa shape index (κ1) is 16.3. The topological polar surface area (TPSA) is 43.8 Å². The number of hydrogen-bond acceptors (Lipinski definition) is 5. The van der Waals surface area contributed by atoms with Crippen LogP contribution < -0.4 is 10.2 Å². The fourth-order valence-corrected chi connectivity index (χ4v) is 4.29. The van der Waals surface area contributed by atoms with Gasteiger partial charge < -0.3 is 15.1 Å². The minimum absolute atomic E-state index is 0.880. The number of nitrogens with one attached hydrogen (secondary N) is 1. The lowest BCUT2D eigenvalue weighted by Gasteiger charge is -2.37. The highest BCUT2D eigenvalue weighted by atomic mass is 32.1. The lowest BCUT2D eigenvalue weighted by molar-refractivity contribution is 0.374. The first-order valence-corrected chi connectivity index (χ1v) is 9.61. The summed E-state index contributed by atoms with van der Waals surface area (Å²) in [4.78, 5) is 14.9. The maximum absolute atomic E-state index is 4.43. The molecule has 1 aliphatic heterocycles. The highest BCUT2D eigenvalue weighted by molar-refractivity contribution is 7.14. The number of aryl methyl sites for hydroxylation is 1. The summed E-state index contributed by atoms with van der Waals surface area (Å²) in [5.41, 5.74) is 0. The summed E-state index contributed by atoms with van der Waals surface area (Å²) in [6, 6.07) is 4.32. The van der Waals surface area contributed by atoms with Crippen molar-refractivity contribution in [3.8, 4) is 0 Å². The first-order chi connectivity index (χ1) is 11.3. The van der Waals surface area contributed by atoms with Crippen molar-refractivity contribution in [2.24, 2.45) is 4.99 Å². The molecule has 3 heterocycles. The van der Waals surface area contributed by atoms with Gasteiger partial charge in [-0.25, -0.2) is 4.98 Å². The molecule has 3 rings (SSSR count). The van der Waals surface area contributed by atoms with Gasteiger partial charge in [0.25, 0.3) is 0 Å². The van der Waals surface area contributed by atoms with Crippen LogP contribution in [0, 0.1) is 6.92 Å². The van der Waals surface area contributed by atoms with E-state index in [4.69, 9.17) is 0 Å². The SMILES string of the molecule is CN=C(NCCc1ncc(C)s1)N1CCN(c2cccs2)CC1. The van der Waals surface area contributed by atoms with E-state index in [-0.39, 0.29) is 0 Å². The third kappa shape index (κ3) is 4.23. The second-order valence-electron chi connectivity index (χ2n) is 5.51. The van der Waals surface area contributed by atoms with E-state index in [9.17, 15) is 0 Å². The molecule has 0 spiro atoms. The Labute approximate surface area is 145 Å². The van der Waals surface area contributed by atoms with Gasteiger partial charge in [-0.15, -0.1) is 22.7 Å². The molecule has 2 aromatic rings. The predicted octanol–water partition coefficient (Wildman–Crippen LogP) is 2.45. The van der Waals surface area contributed by atoms with Gasteiger partial charge in [0, 0.05) is 57.3 Å². The number of piperazine rings is 1. The predicted molar refractivity (Wildman–Crippen MR) is 100 cm³/mol. The molecule has 0 radical (unpaired) electrons. The van der Waals surface area contributed by atoms with Gasteiger partial charge in [0.2, 0.25) is 0 Å². The Morgan fingerprint density at radius 1 is 1.35 bits per heavy atom. The molecule has 7 heteroatoms. The highest BCUT2D eigenvalue weighted by Gasteiger charge is 2.20. The number of nitrogens with zero attached hydrogens (tertiary/aromatic N) is 4. The van der Waals surface area contributed by atoms with Crippen LogP contribution in [0.3, 0.4) is 0 Å². The molecule has 0 amide bonds. The van der Waals surface area contributed by atoms with Crippen LogP contribution >= 0.6 is 22.7 Å². The average molecular weight is 350 g/mol. The Morgan fingerprint density at radius 2 is 2.17 bits per heavy atom. The Kier molecular flexibility index (Phi) is 5.51. The maximum atomic E-state index is 4.43. The van der Waals surface area contributed by atoms with Crippen molar-refractivity contribution >= 4 is 33.6 Å². The van der Waals surface area contributed by atoms with E-state index in [0.29, 0.717) is 0 Å². The van der Waals surface area contributed by atoms with Gasteiger partial charge in [-0.3, -0.25) is 4.99 Å². The van der Waals surface area contributed by atoms with Gasteiger partial charge in [0.15, 0.2) is 5.96 Å². The monoisotopic (exact) mass is 349 g/mol. The normalized spacial score (nSPS) is 16.0. The first-order valence-electron chi connectivity index (χ1n) is 7.91. The zero-order chi connectivity index (χ0) is 16.1. The summed E-state index contributed by atoms with van der Waals surface area (Å²) in [6.07, 6.45) is 2.89. The highest BCUT2D eigenvalue weighted by Crippen LogP contribution is 2.22. The van der Waals surface area contributed by atoms with Crippen LogP contribution in [0.25, 0.3) is 0 Å². The quantitative estimate of drug-likeness (QED) is 0.680. The summed E-state index contributed by atoms with van der Waals surface area (Å²) in [6.45, 7) is 7.09. The second kappa shape index (κ2) is 7.79. The van der Waals surface area contributed by atoms with Crippen molar-refractivity contribution in [2.45, 2.75) is 13.3 Å². The van der Waals surface area contributed by atoms with Gasteiger partial charge >= 0.3 is 0 Å². The van der Waals surface area contributed by atoms with E-state index in [1.165, 1.54) is 14.9 Å². The molecule has 0 atom stereocenters. The third-order valence-corrected chi connectivity index (χ3v) is 5.80. The Bertz CT molecular complexity index is 627. The molecule has 0 aromatic carbocycles. The Hall–Kier alpha value is -1.60. The van der Waals surface area contributed by atoms with Crippen molar-refractivity contribution in [3.63, 3.8) is 0 Å². The molecular weight excluding hydrogens is 326 g/mol. The summed E-state index contributed by atoms with van der Waals surface area (Å²) >= 11 is 3.59. The molecule has 1 aliphatic rings. The minimum Gasteiger partial charge on any atom is -0.360 e. The lowest BCUT2D eigenvalue weighted by atomic mass is 10.3. The number of thiophene rings is 1. The van der Waals surface area contributed by atoms with E-state index in [1.807, 2.05) is 24.6 Å². The average Bonchev–Trinajstić information content (AvgIpc) is 3.24. The van der Waals surface area contributed by atoms with Crippen LogP contribution in [-0.4, -0.2) is 55.6 Å². The molecule has 5 nitrogen and oxygen atoms in total. The number of anilines is 1. The number of guanidine groups is 1. The molecule has 0 saturated carbocycles. The lowest BCUT2D eigenvalue weighted by Crippen LogP contribution is -2.52. The van der Waals surface area contributed by atoms with Crippen molar-refractivity contribution in [1.82, 2.24) is 15.2 Å². The molecule has 1 saturated heterocycles. The van der Waals surface area contributed by atoms with Crippen LogP contribution in [0.2, 0.25) is 0 Å². The van der Waals surface area contributed by atoms with Crippen molar-refractivity contribution < 1.29 is 0 Å². The number of thiazole rings is 1. The molecule has 0 unspecified atom stereocenters. The largest absolute Gasteiger partial charge is 0.360 e. The van der Waals surface area contributed by atoms with E-state index < -0.39 is 0 Å². The standard InChI is InChI=1S/C16H23N5S2/c1-13-12-19-14(23-13)5-6-18-16(17-2)21-9-7-20(8-10-21)15-4-3-11-22-15/h3-4,11-12H,5-10H2,1-2H3,(H,17,18). The fraction of sp³-hybridized carbons (Fsp3) is 0.500. The van der Waals surface area contributed by atoms with E-state index in [2.05, 4.69) is 49.5 Å². The molecule has 23 heavy (non-hydrogen) atoms. The minimum atomic E-state index is 0.880. The second-order valence-corrected chi connectivity index (χ2v) is 7.76. The van der Waals surface area contributed by atoms with E-state index in [1.54, 1.807) is 11.3 Å². The zero-order valence-electron chi connectivity index (χ0n) is 13.7. The Balaban J connectivity index is 1.46.